The first-order valence-electron chi connectivity index (χ1n) is 15.8. The van der Waals surface area contributed by atoms with Crippen molar-refractivity contribution in [2.45, 2.75) is 37.5 Å². The minimum atomic E-state index is 0.378. The maximum Gasteiger partial charge on any atom is 0.0352 e. The number of nitrogens with zero attached hydrogens (tertiary/aromatic N) is 4. The number of piperazine rings is 2. The van der Waals surface area contributed by atoms with Crippen LogP contribution in [0.3, 0.4) is 0 Å². The number of hydrogen-bond acceptors (Lipinski definition) is 4. The summed E-state index contributed by atoms with van der Waals surface area (Å²) in [6.07, 6.45) is 4.86. The average molecular weight is 535 g/mol. The lowest BCUT2D eigenvalue weighted by atomic mass is 9.59. The molecule has 2 fully saturated rings. The average Bonchev–Trinajstić information content (AvgIpc) is 2.99. The zero-order valence-corrected chi connectivity index (χ0v) is 24.6. The van der Waals surface area contributed by atoms with Gasteiger partial charge in [0.1, 0.15) is 0 Å². The van der Waals surface area contributed by atoms with E-state index in [2.05, 4.69) is 94.4 Å². The predicted molar refractivity (Wildman–Crippen MR) is 166 cm³/mol. The van der Waals surface area contributed by atoms with Crippen molar-refractivity contribution in [3.8, 4) is 0 Å². The van der Waals surface area contributed by atoms with Crippen LogP contribution in [0.4, 0.5) is 0 Å². The Labute approximate surface area is 241 Å². The molecular weight excluding hydrogens is 488 g/mol. The van der Waals surface area contributed by atoms with E-state index in [-0.39, 0.29) is 0 Å². The standard InChI is InChI=1S/C36H46N4/c1-37-19-23-39(24-20-37)17-7-11-27-9-5-15-31-33(27)35-29-13-3-4-14-30(29)36(31)34-28(10-6-16-32(34)35)12-8-18-40-25-21-38(2)22-26-40/h3-6,9-10,13-16,35-36H,7-8,11-12,17-26H2,1-2H3. The van der Waals surface area contributed by atoms with Crippen LogP contribution >= 0.6 is 0 Å². The van der Waals surface area contributed by atoms with Crippen LogP contribution in [0.15, 0.2) is 60.7 Å². The summed E-state index contributed by atoms with van der Waals surface area (Å²) in [6.45, 7) is 12.1. The van der Waals surface area contributed by atoms with Crippen LogP contribution in [-0.2, 0) is 12.8 Å². The SMILES string of the molecule is CN1CCN(CCCc2cccc3c2C2c4ccccc4C3c3c(CCCN4CCN(C)CC4)cccc32)CC1. The first-order chi connectivity index (χ1) is 19.7. The first kappa shape index (κ1) is 26.4. The molecule has 2 heterocycles. The smallest absolute Gasteiger partial charge is 0.0352 e. The number of likely N-dealkylation sites (N-methyl/N-ethyl adjacent to an activating group) is 2. The Kier molecular flexibility index (Phi) is 7.53. The molecule has 0 aromatic heterocycles. The lowest BCUT2D eigenvalue weighted by Gasteiger charge is -2.44. The fourth-order valence-corrected chi connectivity index (χ4v) is 8.03. The van der Waals surface area contributed by atoms with Gasteiger partial charge in [0.05, 0.1) is 0 Å². The lowest BCUT2D eigenvalue weighted by Crippen LogP contribution is -2.44. The fraction of sp³-hybridized carbons (Fsp3) is 0.500. The quantitative estimate of drug-likeness (QED) is 0.277. The van der Waals surface area contributed by atoms with Gasteiger partial charge in [0.15, 0.2) is 0 Å². The van der Waals surface area contributed by atoms with Gasteiger partial charge in [-0.15, -0.1) is 0 Å². The van der Waals surface area contributed by atoms with E-state index in [9.17, 15) is 0 Å². The Morgan fingerprint density at radius 1 is 0.500 bits per heavy atom. The summed E-state index contributed by atoms with van der Waals surface area (Å²) in [5, 5.41) is 0. The zero-order valence-electron chi connectivity index (χ0n) is 24.6. The van der Waals surface area contributed by atoms with E-state index in [0.717, 1.165) is 0 Å². The summed E-state index contributed by atoms with van der Waals surface area (Å²) >= 11 is 0. The maximum atomic E-state index is 2.67. The van der Waals surface area contributed by atoms with Crippen LogP contribution in [0.2, 0.25) is 0 Å². The van der Waals surface area contributed by atoms with Gasteiger partial charge in [-0.3, -0.25) is 0 Å². The molecule has 210 valence electrons. The lowest BCUT2D eigenvalue weighted by molar-refractivity contribution is 0.153. The van der Waals surface area contributed by atoms with Gasteiger partial charge in [0, 0.05) is 64.2 Å². The summed E-state index contributed by atoms with van der Waals surface area (Å²) in [5.41, 5.74) is 12.7. The van der Waals surface area contributed by atoms with Crippen molar-refractivity contribution in [1.82, 2.24) is 19.6 Å². The van der Waals surface area contributed by atoms with Gasteiger partial charge >= 0.3 is 0 Å². The van der Waals surface area contributed by atoms with Gasteiger partial charge < -0.3 is 19.6 Å². The van der Waals surface area contributed by atoms with Crippen molar-refractivity contribution in [2.75, 3.05) is 79.5 Å². The molecule has 2 saturated heterocycles. The van der Waals surface area contributed by atoms with Crippen LogP contribution in [0.5, 0.6) is 0 Å². The van der Waals surface area contributed by atoms with E-state index in [4.69, 9.17) is 0 Å². The largest absolute Gasteiger partial charge is 0.304 e. The second-order valence-corrected chi connectivity index (χ2v) is 12.8. The molecule has 5 aliphatic rings. The van der Waals surface area contributed by atoms with Crippen LogP contribution in [-0.4, -0.2) is 99.1 Å². The summed E-state index contributed by atoms with van der Waals surface area (Å²) in [4.78, 5) is 10.2. The van der Waals surface area contributed by atoms with Crippen molar-refractivity contribution >= 4 is 0 Å². The second kappa shape index (κ2) is 11.4. The van der Waals surface area contributed by atoms with E-state index < -0.39 is 0 Å². The molecule has 8 rings (SSSR count). The van der Waals surface area contributed by atoms with Gasteiger partial charge in [-0.25, -0.2) is 0 Å². The molecule has 2 atom stereocenters. The highest BCUT2D eigenvalue weighted by atomic mass is 15.2. The van der Waals surface area contributed by atoms with E-state index in [1.807, 2.05) is 0 Å². The highest BCUT2D eigenvalue weighted by Crippen LogP contribution is 2.57. The molecule has 40 heavy (non-hydrogen) atoms. The number of rotatable bonds is 8. The zero-order chi connectivity index (χ0) is 27.1. The molecule has 0 spiro atoms. The third kappa shape index (κ3) is 4.94. The van der Waals surface area contributed by atoms with Crippen molar-refractivity contribution in [3.63, 3.8) is 0 Å². The first-order valence-corrected chi connectivity index (χ1v) is 15.8. The summed E-state index contributed by atoms with van der Waals surface area (Å²) in [5.74, 6) is 0.757. The number of benzene rings is 3. The highest BCUT2D eigenvalue weighted by molar-refractivity contribution is 5.70. The van der Waals surface area contributed by atoms with Gasteiger partial charge in [0.25, 0.3) is 0 Å². The van der Waals surface area contributed by atoms with Crippen molar-refractivity contribution in [3.05, 3.63) is 105 Å². The van der Waals surface area contributed by atoms with Crippen molar-refractivity contribution in [2.24, 2.45) is 0 Å². The Morgan fingerprint density at radius 2 is 0.900 bits per heavy atom. The minimum absolute atomic E-state index is 0.378. The van der Waals surface area contributed by atoms with Crippen LogP contribution in [0.25, 0.3) is 0 Å². The van der Waals surface area contributed by atoms with Crippen LogP contribution in [0, 0.1) is 0 Å². The van der Waals surface area contributed by atoms with Gasteiger partial charge in [-0.05, 0) is 97.4 Å². The van der Waals surface area contributed by atoms with E-state index in [1.54, 1.807) is 44.5 Å². The second-order valence-electron chi connectivity index (χ2n) is 12.8. The fourth-order valence-electron chi connectivity index (χ4n) is 8.03. The minimum Gasteiger partial charge on any atom is -0.304 e. The summed E-state index contributed by atoms with van der Waals surface area (Å²) in [6, 6.07) is 23.8. The Bertz CT molecular complexity index is 1230. The summed E-state index contributed by atoms with van der Waals surface area (Å²) in [7, 11) is 4.49. The maximum absolute atomic E-state index is 2.67. The molecule has 0 saturated carbocycles. The third-order valence-electron chi connectivity index (χ3n) is 10.3. The third-order valence-corrected chi connectivity index (χ3v) is 10.3. The molecule has 2 aliphatic heterocycles. The Balaban J connectivity index is 1.15. The van der Waals surface area contributed by atoms with Crippen molar-refractivity contribution < 1.29 is 0 Å². The van der Waals surface area contributed by atoms with E-state index in [1.165, 1.54) is 91.1 Å². The molecule has 4 heteroatoms. The molecule has 3 aliphatic carbocycles. The van der Waals surface area contributed by atoms with Gasteiger partial charge in [0.2, 0.25) is 0 Å². The Hall–Kier alpha value is -2.50. The Morgan fingerprint density at radius 3 is 1.32 bits per heavy atom. The number of hydrogen-bond donors (Lipinski definition) is 0. The van der Waals surface area contributed by atoms with Gasteiger partial charge in [-0.1, -0.05) is 60.7 Å². The monoisotopic (exact) mass is 534 g/mol. The van der Waals surface area contributed by atoms with E-state index in [0.29, 0.717) is 11.8 Å². The molecule has 2 bridgehead atoms. The van der Waals surface area contributed by atoms with Crippen molar-refractivity contribution in [1.29, 1.82) is 0 Å². The molecule has 2 unspecified atom stereocenters. The van der Waals surface area contributed by atoms with E-state index >= 15 is 0 Å². The molecule has 3 aromatic carbocycles. The summed E-state index contributed by atoms with van der Waals surface area (Å²) < 4.78 is 0. The molecule has 0 N–H and O–H groups in total. The molecule has 0 amide bonds. The normalized spacial score (nSPS) is 23.1. The molecule has 0 radical (unpaired) electrons. The molecular formula is C36H46N4. The molecule has 3 aromatic rings. The molecule has 4 nitrogen and oxygen atoms in total. The highest BCUT2D eigenvalue weighted by Gasteiger charge is 2.43. The van der Waals surface area contributed by atoms with Crippen LogP contribution < -0.4 is 0 Å². The van der Waals surface area contributed by atoms with Gasteiger partial charge in [-0.2, -0.15) is 0 Å². The van der Waals surface area contributed by atoms with Crippen LogP contribution in [0.1, 0.15) is 69.2 Å². The number of aryl methyl sites for hydroxylation is 2. The topological polar surface area (TPSA) is 13.0 Å². The predicted octanol–water partition coefficient (Wildman–Crippen LogP) is 5.03.